The number of hydrogen-bond acceptors (Lipinski definition) is 4. The molecule has 0 saturated heterocycles. The van der Waals surface area contributed by atoms with Gasteiger partial charge in [0.25, 0.3) is 5.69 Å². The molecule has 7 heteroatoms. The Labute approximate surface area is 95.8 Å². The van der Waals surface area contributed by atoms with E-state index in [9.17, 15) is 19.3 Å². The van der Waals surface area contributed by atoms with E-state index in [1.165, 1.54) is 12.1 Å². The molecule has 0 aliphatic heterocycles. The Bertz CT molecular complexity index is 435. The monoisotopic (exact) mass is 243 g/mol. The minimum atomic E-state index is -1.18. The Hall–Kier alpha value is -2.18. The number of halogens is 1. The lowest BCUT2D eigenvalue weighted by molar-refractivity contribution is -0.385. The van der Waals surface area contributed by atoms with Crippen molar-refractivity contribution in [2.45, 2.75) is 6.42 Å². The molecule has 0 fully saturated rings. The van der Waals surface area contributed by atoms with Crippen LogP contribution < -0.4 is 4.74 Å². The van der Waals surface area contributed by atoms with Crippen LogP contribution in [0.25, 0.3) is 0 Å². The number of nitro groups is 1. The van der Waals surface area contributed by atoms with Crippen molar-refractivity contribution in [1.29, 1.82) is 0 Å². The van der Waals surface area contributed by atoms with Crippen LogP contribution in [0.5, 0.6) is 5.75 Å². The van der Waals surface area contributed by atoms with E-state index < -0.39 is 24.0 Å². The van der Waals surface area contributed by atoms with Gasteiger partial charge in [-0.3, -0.25) is 14.9 Å². The van der Waals surface area contributed by atoms with Crippen LogP contribution in [-0.2, 0) is 11.2 Å². The van der Waals surface area contributed by atoms with Crippen molar-refractivity contribution in [3.63, 3.8) is 0 Å². The van der Waals surface area contributed by atoms with Gasteiger partial charge in [-0.2, -0.15) is 0 Å². The average molecular weight is 243 g/mol. The SMILES string of the molecule is O=C(O)Cc1cc(OCCF)ccc1[N+](=O)[O-]. The highest BCUT2D eigenvalue weighted by molar-refractivity contribution is 5.72. The molecule has 0 aliphatic rings. The average Bonchev–Trinajstić information content (AvgIpc) is 2.25. The summed E-state index contributed by atoms with van der Waals surface area (Å²) in [7, 11) is 0. The highest BCUT2D eigenvalue weighted by Gasteiger charge is 2.17. The minimum absolute atomic E-state index is 0.0267. The molecule has 92 valence electrons. The van der Waals surface area contributed by atoms with Gasteiger partial charge in [0.15, 0.2) is 0 Å². The van der Waals surface area contributed by atoms with Crippen LogP contribution in [-0.4, -0.2) is 29.3 Å². The summed E-state index contributed by atoms with van der Waals surface area (Å²) in [6, 6.07) is 3.69. The summed E-state index contributed by atoms with van der Waals surface area (Å²) >= 11 is 0. The van der Waals surface area contributed by atoms with Crippen molar-refractivity contribution < 1.29 is 24.0 Å². The molecule has 0 spiro atoms. The highest BCUT2D eigenvalue weighted by atomic mass is 19.1. The highest BCUT2D eigenvalue weighted by Crippen LogP contribution is 2.24. The topological polar surface area (TPSA) is 89.7 Å². The maximum absolute atomic E-state index is 11.9. The van der Waals surface area contributed by atoms with E-state index in [0.717, 1.165) is 6.07 Å². The first-order valence-corrected chi connectivity index (χ1v) is 4.72. The van der Waals surface area contributed by atoms with E-state index in [4.69, 9.17) is 9.84 Å². The van der Waals surface area contributed by atoms with Gasteiger partial charge in [-0.05, 0) is 12.1 Å². The zero-order valence-corrected chi connectivity index (χ0v) is 8.76. The molecule has 0 saturated carbocycles. The van der Waals surface area contributed by atoms with Crippen LogP contribution in [0.1, 0.15) is 5.56 Å². The van der Waals surface area contributed by atoms with E-state index in [1.54, 1.807) is 0 Å². The molecule has 0 radical (unpaired) electrons. The number of aliphatic carboxylic acids is 1. The fraction of sp³-hybridized carbons (Fsp3) is 0.300. The van der Waals surface area contributed by atoms with Crippen LogP contribution in [0.15, 0.2) is 18.2 Å². The maximum atomic E-state index is 11.9. The lowest BCUT2D eigenvalue weighted by Gasteiger charge is -2.06. The van der Waals surface area contributed by atoms with Crippen LogP contribution in [0.4, 0.5) is 10.1 Å². The van der Waals surface area contributed by atoms with Gasteiger partial charge in [0.2, 0.25) is 0 Å². The number of hydrogen-bond donors (Lipinski definition) is 1. The largest absolute Gasteiger partial charge is 0.491 e. The third-order valence-corrected chi connectivity index (χ3v) is 1.94. The minimum Gasteiger partial charge on any atom is -0.491 e. The van der Waals surface area contributed by atoms with Gasteiger partial charge < -0.3 is 9.84 Å². The lowest BCUT2D eigenvalue weighted by Crippen LogP contribution is -2.05. The zero-order valence-electron chi connectivity index (χ0n) is 8.76. The zero-order chi connectivity index (χ0) is 12.8. The van der Waals surface area contributed by atoms with Gasteiger partial charge in [0.1, 0.15) is 19.0 Å². The van der Waals surface area contributed by atoms with Gasteiger partial charge in [-0.1, -0.05) is 0 Å². The number of benzene rings is 1. The van der Waals surface area contributed by atoms with E-state index >= 15 is 0 Å². The van der Waals surface area contributed by atoms with Crippen LogP contribution >= 0.6 is 0 Å². The fourth-order valence-electron chi connectivity index (χ4n) is 1.29. The number of ether oxygens (including phenoxy) is 1. The number of carboxylic acid groups (broad SMARTS) is 1. The Morgan fingerprint density at radius 1 is 1.53 bits per heavy atom. The van der Waals surface area contributed by atoms with E-state index in [-0.39, 0.29) is 23.6 Å². The quantitative estimate of drug-likeness (QED) is 0.605. The third-order valence-electron chi connectivity index (χ3n) is 1.94. The number of nitro benzene ring substituents is 1. The molecule has 0 amide bonds. The second-order valence-corrected chi connectivity index (χ2v) is 3.16. The predicted octanol–water partition coefficient (Wildman–Crippen LogP) is 1.57. The standard InChI is InChI=1S/C10H10FNO5/c11-3-4-17-8-1-2-9(12(15)16)7(5-8)6-10(13)14/h1-2,5H,3-4,6H2,(H,13,14). The summed E-state index contributed by atoms with van der Waals surface area (Å²) in [5.41, 5.74) is -0.265. The van der Waals surface area contributed by atoms with E-state index in [1.807, 2.05) is 0 Å². The summed E-state index contributed by atoms with van der Waals surface area (Å²) in [6.07, 6.45) is -0.483. The fourth-order valence-corrected chi connectivity index (χ4v) is 1.29. The molecule has 0 heterocycles. The number of carbonyl (C=O) groups is 1. The summed E-state index contributed by atoms with van der Waals surface area (Å²) in [5.74, 6) is -0.972. The molecule has 1 aromatic rings. The number of alkyl halides is 1. The van der Waals surface area contributed by atoms with Gasteiger partial charge in [0, 0.05) is 11.6 Å². The van der Waals surface area contributed by atoms with Crippen molar-refractivity contribution in [2.24, 2.45) is 0 Å². The maximum Gasteiger partial charge on any atom is 0.308 e. The number of nitrogens with zero attached hydrogens (tertiary/aromatic N) is 1. The van der Waals surface area contributed by atoms with Crippen molar-refractivity contribution >= 4 is 11.7 Å². The summed E-state index contributed by atoms with van der Waals surface area (Å²) < 4.78 is 16.8. The third kappa shape index (κ3) is 3.71. The van der Waals surface area contributed by atoms with Crippen LogP contribution in [0.2, 0.25) is 0 Å². The molecule has 0 unspecified atom stereocenters. The van der Waals surface area contributed by atoms with Gasteiger partial charge in [-0.15, -0.1) is 0 Å². The van der Waals surface area contributed by atoms with Crippen molar-refractivity contribution in [3.05, 3.63) is 33.9 Å². The van der Waals surface area contributed by atoms with E-state index in [2.05, 4.69) is 0 Å². The molecular weight excluding hydrogens is 233 g/mol. The van der Waals surface area contributed by atoms with Crippen molar-refractivity contribution in [3.8, 4) is 5.75 Å². The Morgan fingerprint density at radius 3 is 2.76 bits per heavy atom. The molecule has 0 bridgehead atoms. The molecule has 0 aromatic heterocycles. The lowest BCUT2D eigenvalue weighted by atomic mass is 10.1. The Kier molecular flexibility index (Phi) is 4.38. The van der Waals surface area contributed by atoms with E-state index in [0.29, 0.717) is 0 Å². The molecule has 1 N–H and O–H groups in total. The van der Waals surface area contributed by atoms with Gasteiger partial charge in [0.05, 0.1) is 11.3 Å². The number of rotatable bonds is 6. The number of carboxylic acids is 1. The Morgan fingerprint density at radius 2 is 2.24 bits per heavy atom. The molecule has 6 nitrogen and oxygen atoms in total. The summed E-state index contributed by atoms with van der Waals surface area (Å²) in [5, 5.41) is 19.3. The smallest absolute Gasteiger partial charge is 0.308 e. The second kappa shape index (κ2) is 5.78. The normalized spacial score (nSPS) is 9.94. The molecule has 17 heavy (non-hydrogen) atoms. The Balaban J connectivity index is 3.01. The molecule has 0 atom stereocenters. The van der Waals surface area contributed by atoms with Crippen LogP contribution in [0, 0.1) is 10.1 Å². The van der Waals surface area contributed by atoms with Crippen molar-refractivity contribution in [2.75, 3.05) is 13.3 Å². The first-order chi connectivity index (χ1) is 8.04. The van der Waals surface area contributed by atoms with Gasteiger partial charge >= 0.3 is 5.97 Å². The van der Waals surface area contributed by atoms with Crippen LogP contribution in [0.3, 0.4) is 0 Å². The molecule has 1 aromatic carbocycles. The summed E-state index contributed by atoms with van der Waals surface area (Å²) in [6.45, 7) is -0.866. The molecular formula is C10H10FNO5. The second-order valence-electron chi connectivity index (χ2n) is 3.16. The molecule has 1 rings (SSSR count). The van der Waals surface area contributed by atoms with Gasteiger partial charge in [-0.25, -0.2) is 4.39 Å². The first-order valence-electron chi connectivity index (χ1n) is 4.72. The van der Waals surface area contributed by atoms with Crippen molar-refractivity contribution in [1.82, 2.24) is 0 Å². The summed E-state index contributed by atoms with van der Waals surface area (Å²) in [4.78, 5) is 20.5. The first kappa shape index (κ1) is 12.9. The molecule has 0 aliphatic carbocycles. The predicted molar refractivity (Wildman–Crippen MR) is 55.9 cm³/mol.